The lowest BCUT2D eigenvalue weighted by atomic mass is 10.4. The Balaban J connectivity index is 1.86. The van der Waals surface area contributed by atoms with Crippen molar-refractivity contribution in [1.82, 2.24) is 14.6 Å². The number of nitrogens with zero attached hydrogens (tertiary/aromatic N) is 3. The summed E-state index contributed by atoms with van der Waals surface area (Å²) in [6.07, 6.45) is 4.28. The molecule has 0 saturated heterocycles. The smallest absolute Gasteiger partial charge is 0.356 e. The van der Waals surface area contributed by atoms with Crippen molar-refractivity contribution in [3.8, 4) is 0 Å². The van der Waals surface area contributed by atoms with Crippen LogP contribution in [0.4, 0.5) is 5.82 Å². The molecular formula is C11H12N4O2. The van der Waals surface area contributed by atoms with E-state index < -0.39 is 5.97 Å². The van der Waals surface area contributed by atoms with Gasteiger partial charge in [0.1, 0.15) is 5.82 Å². The average Bonchev–Trinajstić information content (AvgIpc) is 3.03. The normalized spacial score (nSPS) is 15.1. The van der Waals surface area contributed by atoms with Crippen LogP contribution in [0.15, 0.2) is 18.3 Å². The summed E-state index contributed by atoms with van der Waals surface area (Å²) >= 11 is 0. The van der Waals surface area contributed by atoms with Crippen LogP contribution in [0, 0.1) is 5.92 Å². The van der Waals surface area contributed by atoms with Gasteiger partial charge >= 0.3 is 5.97 Å². The predicted molar refractivity (Wildman–Crippen MR) is 61.2 cm³/mol. The summed E-state index contributed by atoms with van der Waals surface area (Å²) in [5.41, 5.74) is 0.556. The summed E-state index contributed by atoms with van der Waals surface area (Å²) in [5, 5.41) is 15.9. The van der Waals surface area contributed by atoms with E-state index in [-0.39, 0.29) is 5.69 Å². The average molecular weight is 232 g/mol. The molecule has 0 bridgehead atoms. The standard InChI is InChI=1S/C11H12N4O2/c16-11(17)8-5-10-13-9(3-4-15(10)14-8)12-6-7-1-2-7/h3-5,7H,1-2,6H2,(H,12,13)(H,16,17). The number of carboxylic acids is 1. The highest BCUT2D eigenvalue weighted by atomic mass is 16.4. The predicted octanol–water partition coefficient (Wildman–Crippen LogP) is 1.25. The van der Waals surface area contributed by atoms with E-state index in [4.69, 9.17) is 5.11 Å². The number of hydrogen-bond donors (Lipinski definition) is 2. The number of hydrogen-bond acceptors (Lipinski definition) is 4. The van der Waals surface area contributed by atoms with Crippen LogP contribution in [0.25, 0.3) is 5.65 Å². The number of nitrogens with one attached hydrogen (secondary N) is 1. The fourth-order valence-corrected chi connectivity index (χ4v) is 1.65. The van der Waals surface area contributed by atoms with Crippen molar-refractivity contribution < 1.29 is 9.90 Å². The first kappa shape index (κ1) is 10.1. The molecule has 0 atom stereocenters. The third-order valence-corrected chi connectivity index (χ3v) is 2.81. The molecular weight excluding hydrogens is 220 g/mol. The summed E-state index contributed by atoms with van der Waals surface area (Å²) in [5.74, 6) is 0.497. The number of anilines is 1. The summed E-state index contributed by atoms with van der Waals surface area (Å²) in [7, 11) is 0. The third kappa shape index (κ3) is 2.06. The van der Waals surface area contributed by atoms with Crippen LogP contribution in [-0.2, 0) is 0 Å². The zero-order chi connectivity index (χ0) is 11.8. The zero-order valence-corrected chi connectivity index (χ0v) is 9.13. The molecule has 6 heteroatoms. The molecule has 1 aliphatic rings. The zero-order valence-electron chi connectivity index (χ0n) is 9.13. The van der Waals surface area contributed by atoms with Gasteiger partial charge in [0.25, 0.3) is 0 Å². The van der Waals surface area contributed by atoms with Crippen LogP contribution in [0.3, 0.4) is 0 Å². The number of carboxylic acid groups (broad SMARTS) is 1. The largest absolute Gasteiger partial charge is 0.476 e. The molecule has 17 heavy (non-hydrogen) atoms. The van der Waals surface area contributed by atoms with Crippen molar-refractivity contribution in [2.75, 3.05) is 11.9 Å². The second kappa shape index (κ2) is 3.73. The van der Waals surface area contributed by atoms with Gasteiger partial charge in [-0.15, -0.1) is 0 Å². The molecule has 2 aromatic heterocycles. The molecule has 2 heterocycles. The number of aromatic nitrogens is 3. The van der Waals surface area contributed by atoms with Gasteiger partial charge in [0.15, 0.2) is 11.3 Å². The van der Waals surface area contributed by atoms with Crippen LogP contribution in [0.5, 0.6) is 0 Å². The van der Waals surface area contributed by atoms with E-state index in [0.717, 1.165) is 18.3 Å². The van der Waals surface area contributed by atoms with E-state index >= 15 is 0 Å². The Bertz CT molecular complexity index is 574. The second-order valence-corrected chi connectivity index (χ2v) is 4.27. The van der Waals surface area contributed by atoms with Crippen LogP contribution >= 0.6 is 0 Å². The maximum absolute atomic E-state index is 10.8. The topological polar surface area (TPSA) is 79.5 Å². The van der Waals surface area contributed by atoms with Gasteiger partial charge < -0.3 is 10.4 Å². The van der Waals surface area contributed by atoms with E-state index in [9.17, 15) is 4.79 Å². The van der Waals surface area contributed by atoms with Crippen LogP contribution < -0.4 is 5.32 Å². The molecule has 1 aliphatic carbocycles. The first-order valence-corrected chi connectivity index (χ1v) is 5.56. The molecule has 88 valence electrons. The summed E-state index contributed by atoms with van der Waals surface area (Å²) < 4.78 is 1.46. The van der Waals surface area contributed by atoms with Gasteiger partial charge in [-0.2, -0.15) is 5.10 Å². The first-order valence-electron chi connectivity index (χ1n) is 5.56. The van der Waals surface area contributed by atoms with E-state index in [1.54, 1.807) is 12.3 Å². The van der Waals surface area contributed by atoms with E-state index in [2.05, 4.69) is 15.4 Å². The molecule has 6 nitrogen and oxygen atoms in total. The molecule has 0 radical (unpaired) electrons. The molecule has 0 aromatic carbocycles. The maximum atomic E-state index is 10.8. The number of carbonyl (C=O) groups is 1. The Morgan fingerprint density at radius 1 is 1.59 bits per heavy atom. The Labute approximate surface area is 97.3 Å². The van der Waals surface area contributed by atoms with Crippen LogP contribution in [0.2, 0.25) is 0 Å². The maximum Gasteiger partial charge on any atom is 0.356 e. The van der Waals surface area contributed by atoms with E-state index in [1.165, 1.54) is 23.4 Å². The summed E-state index contributed by atoms with van der Waals surface area (Å²) in [4.78, 5) is 15.1. The molecule has 0 amide bonds. The minimum atomic E-state index is -1.04. The van der Waals surface area contributed by atoms with Crippen molar-refractivity contribution in [1.29, 1.82) is 0 Å². The van der Waals surface area contributed by atoms with Crippen molar-refractivity contribution >= 4 is 17.4 Å². The minimum absolute atomic E-state index is 0.0110. The van der Waals surface area contributed by atoms with Gasteiger partial charge in [-0.3, -0.25) is 0 Å². The Hall–Kier alpha value is -2.11. The van der Waals surface area contributed by atoms with Gasteiger partial charge in [0, 0.05) is 18.8 Å². The summed E-state index contributed by atoms with van der Waals surface area (Å²) in [6.45, 7) is 0.934. The van der Waals surface area contributed by atoms with Crippen molar-refractivity contribution in [3.05, 3.63) is 24.0 Å². The lowest BCUT2D eigenvalue weighted by Gasteiger charge is -2.03. The highest BCUT2D eigenvalue weighted by Gasteiger charge is 2.20. The molecule has 1 fully saturated rings. The number of aromatic carboxylic acids is 1. The fourth-order valence-electron chi connectivity index (χ4n) is 1.65. The lowest BCUT2D eigenvalue weighted by Crippen LogP contribution is -2.05. The van der Waals surface area contributed by atoms with Crippen LogP contribution in [-0.4, -0.2) is 32.2 Å². The second-order valence-electron chi connectivity index (χ2n) is 4.27. The Kier molecular flexibility index (Phi) is 2.21. The molecule has 0 spiro atoms. The highest BCUT2D eigenvalue weighted by Crippen LogP contribution is 2.28. The van der Waals surface area contributed by atoms with Gasteiger partial charge in [0.2, 0.25) is 0 Å². The monoisotopic (exact) mass is 232 g/mol. The molecule has 2 aromatic rings. The lowest BCUT2D eigenvalue weighted by molar-refractivity contribution is 0.0690. The Morgan fingerprint density at radius 2 is 2.41 bits per heavy atom. The SMILES string of the molecule is O=C(O)c1cc2nc(NCC3CC3)ccn2n1. The van der Waals surface area contributed by atoms with Gasteiger partial charge in [-0.25, -0.2) is 14.3 Å². The number of fused-ring (bicyclic) bond motifs is 1. The van der Waals surface area contributed by atoms with Gasteiger partial charge in [0.05, 0.1) is 0 Å². The molecule has 1 saturated carbocycles. The van der Waals surface area contributed by atoms with Crippen molar-refractivity contribution in [2.24, 2.45) is 5.92 Å². The minimum Gasteiger partial charge on any atom is -0.476 e. The number of rotatable bonds is 4. The van der Waals surface area contributed by atoms with Crippen molar-refractivity contribution in [2.45, 2.75) is 12.8 Å². The molecule has 3 rings (SSSR count). The fraction of sp³-hybridized carbons (Fsp3) is 0.364. The van der Waals surface area contributed by atoms with Crippen LogP contribution in [0.1, 0.15) is 23.3 Å². The summed E-state index contributed by atoms with van der Waals surface area (Å²) in [6, 6.07) is 3.26. The Morgan fingerprint density at radius 3 is 3.12 bits per heavy atom. The van der Waals surface area contributed by atoms with Gasteiger partial charge in [-0.1, -0.05) is 0 Å². The quantitative estimate of drug-likeness (QED) is 0.829. The van der Waals surface area contributed by atoms with E-state index in [1.807, 2.05) is 0 Å². The van der Waals surface area contributed by atoms with E-state index in [0.29, 0.717) is 5.65 Å². The molecule has 0 unspecified atom stereocenters. The third-order valence-electron chi connectivity index (χ3n) is 2.81. The molecule has 2 N–H and O–H groups in total. The van der Waals surface area contributed by atoms with Gasteiger partial charge in [-0.05, 0) is 24.8 Å². The first-order chi connectivity index (χ1) is 8.22. The van der Waals surface area contributed by atoms with Crippen molar-refractivity contribution in [3.63, 3.8) is 0 Å². The molecule has 0 aliphatic heterocycles. The highest BCUT2D eigenvalue weighted by molar-refractivity contribution is 5.86.